The Bertz CT molecular complexity index is 762. The van der Waals surface area contributed by atoms with E-state index in [1.165, 1.54) is 16.8 Å². The third-order valence-corrected chi connectivity index (χ3v) is 4.17. The van der Waals surface area contributed by atoms with Crippen molar-refractivity contribution in [2.24, 2.45) is 0 Å². The zero-order chi connectivity index (χ0) is 21.2. The molecule has 1 amide bonds. The van der Waals surface area contributed by atoms with Crippen LogP contribution in [-0.2, 0) is 22.6 Å². The van der Waals surface area contributed by atoms with Crippen LogP contribution in [0, 0.1) is 5.82 Å². The molecule has 160 valence electrons. The summed E-state index contributed by atoms with van der Waals surface area (Å²) in [6, 6.07) is 6.25. The van der Waals surface area contributed by atoms with E-state index in [0.717, 1.165) is 5.56 Å². The molecule has 1 heterocycles. The summed E-state index contributed by atoms with van der Waals surface area (Å²) in [5, 5.41) is 8.05. The average Bonchev–Trinajstić information content (AvgIpc) is 3.13. The van der Waals surface area contributed by atoms with Crippen molar-refractivity contribution < 1.29 is 18.7 Å². The zero-order valence-electron chi connectivity index (χ0n) is 17.5. The van der Waals surface area contributed by atoms with Gasteiger partial charge in [-0.3, -0.25) is 4.79 Å². The van der Waals surface area contributed by atoms with Crippen molar-refractivity contribution in [2.45, 2.75) is 33.2 Å². The van der Waals surface area contributed by atoms with E-state index in [-0.39, 0.29) is 24.0 Å². The monoisotopic (exact) mass is 407 g/mol. The summed E-state index contributed by atoms with van der Waals surface area (Å²) in [5.41, 5.74) is 0.948. The SMILES string of the molecule is CCOC(Cn1cc(C(=O)N(CCN(C)C)Cc2cccc(F)c2)nn1)OCC. The smallest absolute Gasteiger partial charge is 0.276 e. The van der Waals surface area contributed by atoms with Gasteiger partial charge in [0, 0.05) is 32.8 Å². The molecule has 0 saturated heterocycles. The number of ether oxygens (including phenoxy) is 2. The number of carbonyl (C=O) groups is 1. The van der Waals surface area contributed by atoms with Crippen LogP contribution in [0.15, 0.2) is 30.5 Å². The Morgan fingerprint density at radius 1 is 1.21 bits per heavy atom. The number of halogens is 1. The first kappa shape index (κ1) is 22.9. The highest BCUT2D eigenvalue weighted by Crippen LogP contribution is 2.11. The van der Waals surface area contributed by atoms with Gasteiger partial charge >= 0.3 is 0 Å². The van der Waals surface area contributed by atoms with Crippen molar-refractivity contribution in [3.63, 3.8) is 0 Å². The van der Waals surface area contributed by atoms with Crippen molar-refractivity contribution in [3.05, 3.63) is 47.5 Å². The maximum absolute atomic E-state index is 13.5. The molecule has 1 aromatic heterocycles. The van der Waals surface area contributed by atoms with Crippen LogP contribution in [0.25, 0.3) is 0 Å². The van der Waals surface area contributed by atoms with Crippen LogP contribution < -0.4 is 0 Å². The standard InChI is InChI=1S/C20H30FN5O3/c1-5-28-19(29-6-2)15-26-14-18(22-23-26)20(27)25(11-10-24(3)4)13-16-8-7-9-17(21)12-16/h7-9,12,14,19H,5-6,10-11,13,15H2,1-4H3. The second kappa shape index (κ2) is 11.6. The lowest BCUT2D eigenvalue weighted by Gasteiger charge is -2.23. The first-order valence-corrected chi connectivity index (χ1v) is 9.74. The molecule has 0 aliphatic rings. The molecule has 0 spiro atoms. The van der Waals surface area contributed by atoms with Gasteiger partial charge in [0.25, 0.3) is 5.91 Å². The van der Waals surface area contributed by atoms with E-state index < -0.39 is 6.29 Å². The zero-order valence-corrected chi connectivity index (χ0v) is 17.5. The summed E-state index contributed by atoms with van der Waals surface area (Å²) in [6.45, 7) is 6.58. The third kappa shape index (κ3) is 7.52. The number of benzene rings is 1. The van der Waals surface area contributed by atoms with Crippen LogP contribution in [0.2, 0.25) is 0 Å². The number of hydrogen-bond donors (Lipinski definition) is 0. The largest absolute Gasteiger partial charge is 0.351 e. The van der Waals surface area contributed by atoms with Crippen molar-refractivity contribution in [1.29, 1.82) is 0 Å². The molecule has 8 nitrogen and oxygen atoms in total. The highest BCUT2D eigenvalue weighted by Gasteiger charge is 2.21. The lowest BCUT2D eigenvalue weighted by Crippen LogP contribution is -2.36. The van der Waals surface area contributed by atoms with Gasteiger partial charge in [-0.05, 0) is 45.6 Å². The van der Waals surface area contributed by atoms with Gasteiger partial charge in [-0.2, -0.15) is 0 Å². The van der Waals surface area contributed by atoms with E-state index in [0.29, 0.717) is 32.8 Å². The summed E-state index contributed by atoms with van der Waals surface area (Å²) in [4.78, 5) is 16.7. The number of likely N-dealkylation sites (N-methyl/N-ethyl adjacent to an activating group) is 1. The molecular weight excluding hydrogens is 377 g/mol. The second-order valence-electron chi connectivity index (χ2n) is 6.83. The van der Waals surface area contributed by atoms with Crippen LogP contribution in [0.3, 0.4) is 0 Å². The minimum absolute atomic E-state index is 0.229. The Kier molecular flexibility index (Phi) is 9.17. The van der Waals surface area contributed by atoms with Crippen LogP contribution in [-0.4, -0.2) is 77.4 Å². The van der Waals surface area contributed by atoms with Crippen molar-refractivity contribution in [2.75, 3.05) is 40.4 Å². The van der Waals surface area contributed by atoms with E-state index in [9.17, 15) is 9.18 Å². The Hall–Kier alpha value is -2.36. The Morgan fingerprint density at radius 3 is 2.55 bits per heavy atom. The molecule has 0 radical (unpaired) electrons. The summed E-state index contributed by atoms with van der Waals surface area (Å²) < 4.78 is 26.1. The van der Waals surface area contributed by atoms with Gasteiger partial charge in [-0.15, -0.1) is 5.10 Å². The van der Waals surface area contributed by atoms with Gasteiger partial charge < -0.3 is 19.3 Å². The number of amides is 1. The van der Waals surface area contributed by atoms with Gasteiger partial charge in [0.1, 0.15) is 5.82 Å². The highest BCUT2D eigenvalue weighted by atomic mass is 19.1. The van der Waals surface area contributed by atoms with Gasteiger partial charge in [0.2, 0.25) is 0 Å². The van der Waals surface area contributed by atoms with Crippen LogP contribution in [0.4, 0.5) is 4.39 Å². The van der Waals surface area contributed by atoms with Crippen LogP contribution in [0.5, 0.6) is 0 Å². The summed E-state index contributed by atoms with van der Waals surface area (Å²) in [6.07, 6.45) is 1.13. The van der Waals surface area contributed by atoms with Crippen molar-refractivity contribution in [3.8, 4) is 0 Å². The fourth-order valence-corrected chi connectivity index (χ4v) is 2.75. The van der Waals surface area contributed by atoms with Gasteiger partial charge in [-0.25, -0.2) is 9.07 Å². The molecule has 0 aliphatic carbocycles. The van der Waals surface area contributed by atoms with Crippen LogP contribution in [0.1, 0.15) is 29.9 Å². The predicted octanol–water partition coefficient (Wildman–Crippen LogP) is 2.02. The van der Waals surface area contributed by atoms with Crippen molar-refractivity contribution >= 4 is 5.91 Å². The molecular formula is C20H30FN5O3. The quantitative estimate of drug-likeness (QED) is 0.501. The maximum atomic E-state index is 13.5. The van der Waals surface area contributed by atoms with Gasteiger partial charge in [-0.1, -0.05) is 17.3 Å². The van der Waals surface area contributed by atoms with Crippen LogP contribution >= 0.6 is 0 Å². The molecule has 0 aliphatic heterocycles. The number of rotatable bonds is 12. The molecule has 0 N–H and O–H groups in total. The van der Waals surface area contributed by atoms with E-state index in [1.807, 2.05) is 32.8 Å². The first-order valence-electron chi connectivity index (χ1n) is 9.74. The molecule has 0 bridgehead atoms. The molecule has 9 heteroatoms. The molecule has 0 atom stereocenters. The van der Waals surface area contributed by atoms with E-state index >= 15 is 0 Å². The van der Waals surface area contributed by atoms with Crippen molar-refractivity contribution in [1.82, 2.24) is 24.8 Å². The van der Waals surface area contributed by atoms with E-state index in [1.54, 1.807) is 23.2 Å². The molecule has 0 saturated carbocycles. The summed E-state index contributed by atoms with van der Waals surface area (Å²) in [7, 11) is 3.87. The fourth-order valence-electron chi connectivity index (χ4n) is 2.75. The van der Waals surface area contributed by atoms with E-state index in [2.05, 4.69) is 10.3 Å². The van der Waals surface area contributed by atoms with E-state index in [4.69, 9.17) is 9.47 Å². The topological polar surface area (TPSA) is 72.7 Å². The maximum Gasteiger partial charge on any atom is 0.276 e. The minimum Gasteiger partial charge on any atom is -0.351 e. The summed E-state index contributed by atoms with van der Waals surface area (Å²) >= 11 is 0. The molecule has 2 rings (SSSR count). The normalized spacial score (nSPS) is 11.4. The molecule has 2 aromatic rings. The number of hydrogen-bond acceptors (Lipinski definition) is 6. The fraction of sp³-hybridized carbons (Fsp3) is 0.550. The third-order valence-electron chi connectivity index (χ3n) is 4.17. The first-order chi connectivity index (χ1) is 13.9. The molecule has 29 heavy (non-hydrogen) atoms. The Morgan fingerprint density at radius 2 is 1.93 bits per heavy atom. The van der Waals surface area contributed by atoms with Gasteiger partial charge in [0.05, 0.1) is 12.7 Å². The minimum atomic E-state index is -0.452. The Labute approximate surface area is 171 Å². The lowest BCUT2D eigenvalue weighted by molar-refractivity contribution is -0.145. The predicted molar refractivity (Wildman–Crippen MR) is 107 cm³/mol. The molecule has 1 aromatic carbocycles. The lowest BCUT2D eigenvalue weighted by atomic mass is 10.2. The second-order valence-corrected chi connectivity index (χ2v) is 6.83. The molecule has 0 unspecified atom stereocenters. The summed E-state index contributed by atoms with van der Waals surface area (Å²) in [5.74, 6) is -0.585. The number of nitrogens with zero attached hydrogens (tertiary/aromatic N) is 5. The highest BCUT2D eigenvalue weighted by molar-refractivity contribution is 5.91. The number of carbonyl (C=O) groups excluding carboxylic acids is 1. The Balaban J connectivity index is 2.12. The molecule has 0 fully saturated rings. The number of aromatic nitrogens is 3. The van der Waals surface area contributed by atoms with Gasteiger partial charge in [0.15, 0.2) is 12.0 Å². The average molecular weight is 407 g/mol.